The lowest BCUT2D eigenvalue weighted by Crippen LogP contribution is -2.36. The van der Waals surface area contributed by atoms with E-state index in [4.69, 9.17) is 14.5 Å². The number of amides is 2. The van der Waals surface area contributed by atoms with Gasteiger partial charge in [0.2, 0.25) is 0 Å². The first-order valence-electron chi connectivity index (χ1n) is 16.3. The van der Waals surface area contributed by atoms with Crippen molar-refractivity contribution in [2.45, 2.75) is 90.5 Å². The Morgan fingerprint density at radius 1 is 0.723 bits per heavy atom. The molecule has 2 fully saturated rings. The third-order valence-electron chi connectivity index (χ3n) is 8.35. The zero-order valence-electron chi connectivity index (χ0n) is 27.9. The Hall–Kier alpha value is -3.87. The molecule has 0 bridgehead atoms. The van der Waals surface area contributed by atoms with Crippen LogP contribution in [-0.4, -0.2) is 66.2 Å². The van der Waals surface area contributed by atoms with Crippen molar-refractivity contribution in [3.8, 4) is 33.6 Å². The average molecular weight is 751 g/mol. The van der Waals surface area contributed by atoms with Crippen LogP contribution in [0.3, 0.4) is 0 Å². The summed E-state index contributed by atoms with van der Waals surface area (Å²) in [6.45, 7) is 12.6. The number of aromatic nitrogens is 4. The number of nitrogens with zero attached hydrogens (tertiary/aromatic N) is 4. The van der Waals surface area contributed by atoms with Crippen molar-refractivity contribution in [2.75, 3.05) is 13.1 Å². The summed E-state index contributed by atoms with van der Waals surface area (Å²) < 4.78 is 12.2. The second-order valence-electron chi connectivity index (χ2n) is 14.3. The highest BCUT2D eigenvalue weighted by molar-refractivity contribution is 14.1. The van der Waals surface area contributed by atoms with Gasteiger partial charge in [-0.15, -0.1) is 0 Å². The molecule has 248 valence electrons. The average Bonchev–Trinajstić information content (AvgIpc) is 3.81. The number of carbonyl (C=O) groups excluding carboxylic acids is 2. The van der Waals surface area contributed by atoms with Crippen LogP contribution < -0.4 is 0 Å². The highest BCUT2D eigenvalue weighted by Crippen LogP contribution is 2.36. The number of benzene rings is 2. The Labute approximate surface area is 289 Å². The molecule has 0 spiro atoms. The lowest BCUT2D eigenvalue weighted by atomic mass is 10.0. The summed E-state index contributed by atoms with van der Waals surface area (Å²) in [4.78, 5) is 45.7. The fourth-order valence-corrected chi connectivity index (χ4v) is 6.92. The largest absolute Gasteiger partial charge is 0.444 e. The maximum atomic E-state index is 12.8. The van der Waals surface area contributed by atoms with Gasteiger partial charge in [0.25, 0.3) is 0 Å². The predicted molar refractivity (Wildman–Crippen MR) is 190 cm³/mol. The topological polar surface area (TPSA) is 116 Å². The van der Waals surface area contributed by atoms with Gasteiger partial charge in [0.05, 0.1) is 24.0 Å². The molecule has 10 nitrogen and oxygen atoms in total. The van der Waals surface area contributed by atoms with Crippen LogP contribution in [0.5, 0.6) is 0 Å². The van der Waals surface area contributed by atoms with Gasteiger partial charge in [0.1, 0.15) is 32.2 Å². The number of rotatable bonds is 5. The predicted octanol–water partition coefficient (Wildman–Crippen LogP) is 8.88. The molecular formula is C36H43IN6O4. The quantitative estimate of drug-likeness (QED) is 0.197. The molecule has 2 aliphatic heterocycles. The molecular weight excluding hydrogens is 707 g/mol. The Balaban J connectivity index is 1.13. The Kier molecular flexibility index (Phi) is 9.12. The van der Waals surface area contributed by atoms with E-state index in [0.717, 1.165) is 74.7 Å². The molecule has 0 radical (unpaired) electrons. The molecule has 6 rings (SSSR count). The van der Waals surface area contributed by atoms with E-state index in [-0.39, 0.29) is 24.3 Å². The summed E-state index contributed by atoms with van der Waals surface area (Å²) in [5, 5.41) is 0. The Bertz CT molecular complexity index is 1730. The number of hydrogen-bond acceptors (Lipinski definition) is 6. The summed E-state index contributed by atoms with van der Waals surface area (Å²) in [6.07, 6.45) is 4.78. The normalized spacial score (nSPS) is 18.5. The van der Waals surface area contributed by atoms with Crippen LogP contribution >= 0.6 is 22.6 Å². The molecule has 0 aliphatic carbocycles. The van der Waals surface area contributed by atoms with Crippen LogP contribution in [0.1, 0.15) is 91.0 Å². The van der Waals surface area contributed by atoms with Crippen LogP contribution in [0.15, 0.2) is 54.7 Å². The molecule has 2 N–H and O–H groups in total. The van der Waals surface area contributed by atoms with E-state index in [9.17, 15) is 9.59 Å². The van der Waals surface area contributed by atoms with E-state index < -0.39 is 11.2 Å². The number of halogens is 1. The number of likely N-dealkylation sites (tertiary alicyclic amines) is 2. The lowest BCUT2D eigenvalue weighted by molar-refractivity contribution is 0.0208. The number of ether oxygens (including phenoxy) is 2. The van der Waals surface area contributed by atoms with Gasteiger partial charge in [-0.2, -0.15) is 0 Å². The standard InChI is InChI=1S/C36H43IN6O4/c1-35(2,3)46-33(44)42-19-7-9-27(42)31-38-21-26(39-31)24-15-11-22(12-16-24)23-13-17-25(18-14-23)29-30(37)41-32(40-29)28-10-8-20-43(28)34(45)47-36(4,5)6/h11-18,21,27-28H,7-10,19-20H2,1-6H3,(H,38,39)(H,40,41)/t27-,28+/m1/s1. The minimum atomic E-state index is -0.542. The minimum absolute atomic E-state index is 0.118. The molecule has 2 atom stereocenters. The van der Waals surface area contributed by atoms with Crippen LogP contribution in [0.4, 0.5) is 9.59 Å². The van der Waals surface area contributed by atoms with E-state index in [1.54, 1.807) is 9.80 Å². The van der Waals surface area contributed by atoms with E-state index in [1.807, 2.05) is 47.7 Å². The number of imidazole rings is 2. The maximum Gasteiger partial charge on any atom is 0.410 e. The monoisotopic (exact) mass is 750 g/mol. The molecule has 0 saturated carbocycles. The second-order valence-corrected chi connectivity index (χ2v) is 15.4. The van der Waals surface area contributed by atoms with E-state index in [1.165, 1.54) is 0 Å². The molecule has 47 heavy (non-hydrogen) atoms. The van der Waals surface area contributed by atoms with Gasteiger partial charge < -0.3 is 19.4 Å². The summed E-state index contributed by atoms with van der Waals surface area (Å²) in [5.74, 6) is 1.57. The van der Waals surface area contributed by atoms with Crippen LogP contribution in [0.25, 0.3) is 33.6 Å². The highest BCUT2D eigenvalue weighted by atomic mass is 127. The lowest BCUT2D eigenvalue weighted by Gasteiger charge is -2.27. The first kappa shape index (κ1) is 33.0. The number of hydrogen-bond donors (Lipinski definition) is 2. The fourth-order valence-electron chi connectivity index (χ4n) is 6.21. The summed E-state index contributed by atoms with van der Waals surface area (Å²) in [5.41, 5.74) is 4.94. The number of aromatic amines is 2. The SMILES string of the molecule is CC(C)(C)OC(=O)N1CCC[C@@H]1c1ncc(-c2ccc(-c3ccc(-c4nc([C@@H]5CCCN5C(=O)OC(C)(C)C)[nH]c4I)cc3)cc2)[nH]1. The molecule has 2 saturated heterocycles. The van der Waals surface area contributed by atoms with Crippen LogP contribution in [0, 0.1) is 3.70 Å². The maximum absolute atomic E-state index is 12.8. The summed E-state index contributed by atoms with van der Waals surface area (Å²) >= 11 is 2.28. The van der Waals surface area contributed by atoms with Crippen LogP contribution in [0.2, 0.25) is 0 Å². The third-order valence-corrected chi connectivity index (χ3v) is 9.13. The highest BCUT2D eigenvalue weighted by Gasteiger charge is 2.36. The van der Waals surface area contributed by atoms with Gasteiger partial charge in [-0.25, -0.2) is 19.6 Å². The first-order chi connectivity index (χ1) is 22.3. The van der Waals surface area contributed by atoms with E-state index >= 15 is 0 Å². The third kappa shape index (κ3) is 7.50. The van der Waals surface area contributed by atoms with Crippen molar-refractivity contribution < 1.29 is 19.1 Å². The zero-order chi connectivity index (χ0) is 33.5. The van der Waals surface area contributed by atoms with Gasteiger partial charge in [-0.1, -0.05) is 48.5 Å². The van der Waals surface area contributed by atoms with E-state index in [0.29, 0.717) is 13.1 Å². The van der Waals surface area contributed by atoms with Crippen molar-refractivity contribution in [3.63, 3.8) is 0 Å². The zero-order valence-corrected chi connectivity index (χ0v) is 30.1. The molecule has 0 unspecified atom stereocenters. The number of H-pyrrole nitrogens is 2. The molecule has 11 heteroatoms. The molecule has 2 amide bonds. The first-order valence-corrected chi connectivity index (χ1v) is 17.3. The molecule has 4 aromatic rings. The summed E-state index contributed by atoms with van der Waals surface area (Å²) in [6, 6.07) is 16.5. The summed E-state index contributed by atoms with van der Waals surface area (Å²) in [7, 11) is 0. The Morgan fingerprint density at radius 3 is 1.70 bits per heavy atom. The molecule has 2 aromatic heterocycles. The van der Waals surface area contributed by atoms with E-state index in [2.05, 4.69) is 86.1 Å². The molecule has 4 heterocycles. The molecule has 2 aliphatic rings. The van der Waals surface area contributed by atoms with Crippen molar-refractivity contribution >= 4 is 34.8 Å². The minimum Gasteiger partial charge on any atom is -0.444 e. The van der Waals surface area contributed by atoms with Crippen molar-refractivity contribution in [2.24, 2.45) is 0 Å². The second kappa shape index (κ2) is 13.0. The number of nitrogens with one attached hydrogen (secondary N) is 2. The Morgan fingerprint density at radius 2 is 1.19 bits per heavy atom. The van der Waals surface area contributed by atoms with Gasteiger partial charge in [0.15, 0.2) is 0 Å². The van der Waals surface area contributed by atoms with Gasteiger partial charge in [-0.3, -0.25) is 9.80 Å². The smallest absolute Gasteiger partial charge is 0.410 e. The van der Waals surface area contributed by atoms with Crippen molar-refractivity contribution in [1.82, 2.24) is 29.7 Å². The van der Waals surface area contributed by atoms with Crippen molar-refractivity contribution in [1.29, 1.82) is 0 Å². The van der Waals surface area contributed by atoms with Crippen LogP contribution in [-0.2, 0) is 9.47 Å². The fraction of sp³-hybridized carbons (Fsp3) is 0.444. The van der Waals surface area contributed by atoms with Gasteiger partial charge in [0, 0.05) is 18.7 Å². The van der Waals surface area contributed by atoms with Gasteiger partial charge >= 0.3 is 12.2 Å². The van der Waals surface area contributed by atoms with Gasteiger partial charge in [-0.05, 0) is 107 Å². The molecule has 2 aromatic carbocycles. The van der Waals surface area contributed by atoms with Crippen molar-refractivity contribution in [3.05, 3.63) is 70.1 Å². The number of carbonyl (C=O) groups is 2.